The number of fused-ring (bicyclic) bond motifs is 2. The molecule has 2 aliphatic rings. The first-order valence-corrected chi connectivity index (χ1v) is 12.2. The van der Waals surface area contributed by atoms with Crippen LogP contribution in [0.5, 0.6) is 11.8 Å². The Morgan fingerprint density at radius 3 is 2.94 bits per heavy atom. The maximum Gasteiger partial charge on any atom is 0.354 e. The monoisotopic (exact) mass is 484 g/mol. The molecule has 0 unspecified atom stereocenters. The van der Waals surface area contributed by atoms with Crippen LogP contribution in [-0.4, -0.2) is 51.9 Å². The lowest BCUT2D eigenvalue weighted by Gasteiger charge is -2.25. The molecule has 0 spiro atoms. The van der Waals surface area contributed by atoms with E-state index in [0.717, 1.165) is 35.1 Å². The molecule has 3 N–H and O–H groups in total. The molecule has 1 aromatic carbocycles. The summed E-state index contributed by atoms with van der Waals surface area (Å²) in [4.78, 5) is 17.1. The molecule has 2 aromatic heterocycles. The van der Waals surface area contributed by atoms with Gasteiger partial charge in [-0.25, -0.2) is 23.8 Å². The van der Waals surface area contributed by atoms with E-state index in [1.54, 1.807) is 19.4 Å². The van der Waals surface area contributed by atoms with E-state index >= 15 is 0 Å². The Labute approximate surface area is 196 Å². The normalized spacial score (nSPS) is 17.6. The minimum absolute atomic E-state index is 0.0708. The summed E-state index contributed by atoms with van der Waals surface area (Å²) in [6, 6.07) is 6.75. The number of nitrogens with two attached hydrogens (primary N) is 1. The molecule has 34 heavy (non-hydrogen) atoms. The van der Waals surface area contributed by atoms with E-state index in [-0.39, 0.29) is 16.9 Å². The van der Waals surface area contributed by atoms with Crippen LogP contribution < -0.4 is 19.9 Å². The predicted molar refractivity (Wildman–Crippen MR) is 124 cm³/mol. The molecule has 0 saturated carbocycles. The number of pyridine rings is 1. The molecular weight excluding hydrogens is 460 g/mol. The van der Waals surface area contributed by atoms with Gasteiger partial charge in [0.2, 0.25) is 11.8 Å². The van der Waals surface area contributed by atoms with Crippen molar-refractivity contribution in [3.8, 4) is 22.9 Å². The second-order valence-electron chi connectivity index (χ2n) is 7.99. The van der Waals surface area contributed by atoms with Gasteiger partial charge in [0.25, 0.3) is 0 Å². The quantitative estimate of drug-likeness (QED) is 0.547. The lowest BCUT2D eigenvalue weighted by molar-refractivity contribution is 0.0920. The summed E-state index contributed by atoms with van der Waals surface area (Å²) < 4.78 is 34.7. The van der Waals surface area contributed by atoms with Gasteiger partial charge in [0.15, 0.2) is 9.92 Å². The van der Waals surface area contributed by atoms with E-state index in [1.807, 2.05) is 18.2 Å². The summed E-state index contributed by atoms with van der Waals surface area (Å²) in [5.74, 6) is 0.688. The van der Waals surface area contributed by atoms with E-state index in [0.29, 0.717) is 24.7 Å². The number of aryl methyl sites for hydroxylation is 1. The number of amides is 2. The van der Waals surface area contributed by atoms with Crippen LogP contribution in [0.2, 0.25) is 0 Å². The zero-order chi connectivity index (χ0) is 23.9. The molecule has 1 aliphatic carbocycles. The highest BCUT2D eigenvalue weighted by Crippen LogP contribution is 2.39. The van der Waals surface area contributed by atoms with Crippen molar-refractivity contribution in [2.24, 2.45) is 9.50 Å². The van der Waals surface area contributed by atoms with Crippen molar-refractivity contribution in [3.05, 3.63) is 47.8 Å². The van der Waals surface area contributed by atoms with E-state index in [9.17, 15) is 9.00 Å². The third-order valence-electron chi connectivity index (χ3n) is 5.84. The number of ether oxygens (including phenoxy) is 3. The molecule has 5 rings (SSSR count). The molecule has 178 valence electrons. The number of hydrogen-bond acceptors (Lipinski definition) is 7. The maximum absolute atomic E-state index is 13.2. The first-order valence-electron chi connectivity index (χ1n) is 10.6. The number of aromatic nitrogens is 3. The highest BCUT2D eigenvalue weighted by molar-refractivity contribution is 7.91. The van der Waals surface area contributed by atoms with Crippen LogP contribution in [-0.2, 0) is 34.0 Å². The van der Waals surface area contributed by atoms with Crippen LogP contribution in [0.4, 0.5) is 10.5 Å². The lowest BCUT2D eigenvalue weighted by atomic mass is 9.84. The molecule has 3 heterocycles. The Morgan fingerprint density at radius 1 is 1.35 bits per heavy atom. The Hall–Kier alpha value is -3.48. The number of hydrogen-bond donors (Lipinski definition) is 2. The van der Waals surface area contributed by atoms with Crippen LogP contribution in [0, 0.1) is 0 Å². The number of anilines is 1. The van der Waals surface area contributed by atoms with Gasteiger partial charge in [-0.2, -0.15) is 5.10 Å². The molecule has 0 radical (unpaired) electrons. The van der Waals surface area contributed by atoms with Crippen molar-refractivity contribution in [3.63, 3.8) is 0 Å². The number of urea groups is 1. The van der Waals surface area contributed by atoms with Crippen LogP contribution >= 0.6 is 0 Å². The maximum atomic E-state index is 13.2. The summed E-state index contributed by atoms with van der Waals surface area (Å²) in [6.45, 7) is 0.772. The van der Waals surface area contributed by atoms with E-state index in [2.05, 4.69) is 19.8 Å². The highest BCUT2D eigenvalue weighted by Gasteiger charge is 2.31. The minimum atomic E-state index is -3.61. The van der Waals surface area contributed by atoms with Crippen molar-refractivity contribution >= 4 is 21.6 Å². The van der Waals surface area contributed by atoms with Gasteiger partial charge in [-0.3, -0.25) is 0 Å². The zero-order valence-corrected chi connectivity index (χ0v) is 19.5. The molecule has 2 atom stereocenters. The molecule has 0 bridgehead atoms. The zero-order valence-electron chi connectivity index (χ0n) is 18.7. The lowest BCUT2D eigenvalue weighted by Crippen LogP contribution is -2.22. The standard InChI is InChI=1S/C22H24N6O5S/c1-31-12-15-11-28-21(33-15)18(10-25-28)34(23,30)27-22(29)26-20-16-5-3-13(16)4-6-17(20)14-7-8-24-19(9-14)32-2/h4,6-10,15H,3,5,11-12H2,1-2H3,(H3,23,26,27,29,30)/t15-,34-/m1/s1. The molecule has 2 amide bonds. The number of methoxy groups -OCH3 is 2. The number of nitrogens with one attached hydrogen (secondary N) is 1. The smallest absolute Gasteiger partial charge is 0.354 e. The molecule has 0 fully saturated rings. The van der Waals surface area contributed by atoms with Crippen LogP contribution in [0.25, 0.3) is 11.1 Å². The first kappa shape index (κ1) is 22.3. The summed E-state index contributed by atoms with van der Waals surface area (Å²) in [5.41, 5.74) is 4.36. The van der Waals surface area contributed by atoms with Crippen molar-refractivity contribution in [2.75, 3.05) is 26.1 Å². The first-order chi connectivity index (χ1) is 16.4. The molecule has 11 nitrogen and oxygen atoms in total. The summed E-state index contributed by atoms with van der Waals surface area (Å²) >= 11 is 0. The van der Waals surface area contributed by atoms with Crippen molar-refractivity contribution in [1.29, 1.82) is 0 Å². The van der Waals surface area contributed by atoms with E-state index in [4.69, 9.17) is 19.3 Å². The van der Waals surface area contributed by atoms with Gasteiger partial charge >= 0.3 is 6.03 Å². The van der Waals surface area contributed by atoms with Gasteiger partial charge in [0, 0.05) is 24.9 Å². The SMILES string of the molecule is COC[C@H]1Cn2ncc([S@](N)(=O)=NC(=O)Nc3c(-c4ccnc(OC)c4)ccc4c3CC4)c2O1. The highest BCUT2D eigenvalue weighted by atomic mass is 32.2. The number of rotatable bonds is 6. The summed E-state index contributed by atoms with van der Waals surface area (Å²) in [5, 5.41) is 13.0. The fraction of sp³-hybridized carbons (Fsp3) is 0.318. The Morgan fingerprint density at radius 2 is 2.21 bits per heavy atom. The molecule has 3 aromatic rings. The number of carbonyl (C=O) groups is 1. The van der Waals surface area contributed by atoms with Crippen LogP contribution in [0.3, 0.4) is 0 Å². The van der Waals surface area contributed by atoms with Gasteiger partial charge in [-0.05, 0) is 35.6 Å². The second kappa shape index (κ2) is 8.70. The Balaban J connectivity index is 1.46. The average Bonchev–Trinajstić information content (AvgIpc) is 3.35. The van der Waals surface area contributed by atoms with Gasteiger partial charge in [-0.15, -0.1) is 4.36 Å². The molecule has 0 saturated heterocycles. The number of carbonyl (C=O) groups excluding carboxylic acids is 1. The van der Waals surface area contributed by atoms with Gasteiger partial charge < -0.3 is 19.5 Å². The van der Waals surface area contributed by atoms with Gasteiger partial charge in [0.05, 0.1) is 32.1 Å². The minimum Gasteiger partial charge on any atom is -0.481 e. The number of nitrogens with zero attached hydrogens (tertiary/aromatic N) is 4. The summed E-state index contributed by atoms with van der Waals surface area (Å²) in [7, 11) is -0.509. The van der Waals surface area contributed by atoms with Gasteiger partial charge in [0.1, 0.15) is 11.0 Å². The van der Waals surface area contributed by atoms with Crippen molar-refractivity contribution < 1.29 is 23.2 Å². The average molecular weight is 485 g/mol. The molecule has 12 heteroatoms. The Kier molecular flexibility index (Phi) is 5.71. The second-order valence-corrected chi connectivity index (χ2v) is 9.75. The topological polar surface area (TPSA) is 143 Å². The van der Waals surface area contributed by atoms with Crippen molar-refractivity contribution in [2.45, 2.75) is 30.4 Å². The predicted octanol–water partition coefficient (Wildman–Crippen LogP) is 2.39. The molecular formula is C22H24N6O5S. The number of benzene rings is 1. The summed E-state index contributed by atoms with van der Waals surface area (Å²) in [6.07, 6.45) is 4.41. The van der Waals surface area contributed by atoms with E-state index < -0.39 is 15.9 Å². The fourth-order valence-corrected chi connectivity index (χ4v) is 5.13. The third kappa shape index (κ3) is 4.00. The van der Waals surface area contributed by atoms with Crippen LogP contribution in [0.1, 0.15) is 11.1 Å². The molecule has 1 aliphatic heterocycles. The third-order valence-corrected chi connectivity index (χ3v) is 7.19. The van der Waals surface area contributed by atoms with E-state index in [1.165, 1.54) is 18.0 Å². The van der Waals surface area contributed by atoms with Crippen LogP contribution in [0.15, 0.2) is 45.9 Å². The van der Waals surface area contributed by atoms with Crippen molar-refractivity contribution in [1.82, 2.24) is 14.8 Å². The fourth-order valence-electron chi connectivity index (χ4n) is 4.13. The van der Waals surface area contributed by atoms with Gasteiger partial charge in [-0.1, -0.05) is 12.1 Å². The Bertz CT molecular complexity index is 1390. The largest absolute Gasteiger partial charge is 0.481 e.